The van der Waals surface area contributed by atoms with Crippen molar-refractivity contribution in [1.29, 1.82) is 0 Å². The molecule has 0 atom stereocenters. The topological polar surface area (TPSA) is 85.1 Å². The fourth-order valence-corrected chi connectivity index (χ4v) is 3.05. The zero-order valence-corrected chi connectivity index (χ0v) is 11.1. The lowest BCUT2D eigenvalue weighted by molar-refractivity contribution is 0.251. The highest BCUT2D eigenvalue weighted by atomic mass is 32.2. The van der Waals surface area contributed by atoms with E-state index in [0.29, 0.717) is 13.0 Å². The summed E-state index contributed by atoms with van der Waals surface area (Å²) in [7, 11) is -3.26. The monoisotopic (exact) mass is 269 g/mol. The quantitative estimate of drug-likeness (QED) is 0.784. The van der Waals surface area contributed by atoms with Gasteiger partial charge < -0.3 is 5.73 Å². The van der Waals surface area contributed by atoms with Crippen molar-refractivity contribution in [2.45, 2.75) is 31.2 Å². The number of aromatic nitrogens is 1. The SMILES string of the molecule is NC1(CNS(=O)(=O)CCc2ccccn2)CCC1. The van der Waals surface area contributed by atoms with Crippen molar-refractivity contribution in [3.8, 4) is 0 Å². The predicted octanol–water partition coefficient (Wildman–Crippen LogP) is 0.425. The second-order valence-electron chi connectivity index (χ2n) is 4.93. The molecule has 0 spiro atoms. The molecule has 1 heterocycles. The molecule has 1 aromatic heterocycles. The van der Waals surface area contributed by atoms with Gasteiger partial charge in [0.15, 0.2) is 0 Å². The van der Waals surface area contributed by atoms with E-state index >= 15 is 0 Å². The van der Waals surface area contributed by atoms with Crippen LogP contribution >= 0.6 is 0 Å². The van der Waals surface area contributed by atoms with E-state index in [0.717, 1.165) is 25.0 Å². The maximum Gasteiger partial charge on any atom is 0.212 e. The van der Waals surface area contributed by atoms with Gasteiger partial charge in [0, 0.05) is 30.4 Å². The molecule has 0 saturated heterocycles. The van der Waals surface area contributed by atoms with Gasteiger partial charge in [0.25, 0.3) is 0 Å². The standard InChI is InChI=1S/C12H19N3O2S/c13-12(6-3-7-12)10-15-18(16,17)9-5-11-4-1-2-8-14-11/h1-2,4,8,15H,3,5-7,9-10,13H2. The molecule has 0 aliphatic heterocycles. The summed E-state index contributed by atoms with van der Waals surface area (Å²) >= 11 is 0. The van der Waals surface area contributed by atoms with Crippen molar-refractivity contribution in [3.63, 3.8) is 0 Å². The Morgan fingerprint density at radius 1 is 1.39 bits per heavy atom. The Morgan fingerprint density at radius 2 is 2.17 bits per heavy atom. The largest absolute Gasteiger partial charge is 0.324 e. The van der Waals surface area contributed by atoms with Gasteiger partial charge in [-0.15, -0.1) is 0 Å². The summed E-state index contributed by atoms with van der Waals surface area (Å²) in [5.41, 5.74) is 6.44. The third-order valence-electron chi connectivity index (χ3n) is 3.35. The van der Waals surface area contributed by atoms with Gasteiger partial charge in [-0.2, -0.15) is 0 Å². The number of rotatable bonds is 6. The van der Waals surface area contributed by atoms with Gasteiger partial charge in [0.05, 0.1) is 5.75 Å². The fraction of sp³-hybridized carbons (Fsp3) is 0.583. The Hall–Kier alpha value is -0.980. The van der Waals surface area contributed by atoms with E-state index < -0.39 is 10.0 Å². The first-order chi connectivity index (χ1) is 8.49. The first-order valence-electron chi connectivity index (χ1n) is 6.15. The number of nitrogens with zero attached hydrogens (tertiary/aromatic N) is 1. The molecule has 0 unspecified atom stereocenters. The van der Waals surface area contributed by atoms with Crippen molar-refractivity contribution >= 4 is 10.0 Å². The highest BCUT2D eigenvalue weighted by Crippen LogP contribution is 2.28. The number of aryl methyl sites for hydroxylation is 1. The molecule has 1 aliphatic rings. The normalized spacial score (nSPS) is 18.3. The first-order valence-corrected chi connectivity index (χ1v) is 7.81. The van der Waals surface area contributed by atoms with Crippen LogP contribution in [0.15, 0.2) is 24.4 Å². The molecule has 1 saturated carbocycles. The summed E-state index contributed by atoms with van der Waals surface area (Å²) < 4.78 is 26.2. The van der Waals surface area contributed by atoms with Gasteiger partial charge in [-0.25, -0.2) is 13.1 Å². The summed E-state index contributed by atoms with van der Waals surface area (Å²) in [4.78, 5) is 4.10. The molecule has 1 aliphatic carbocycles. The van der Waals surface area contributed by atoms with E-state index in [1.165, 1.54) is 0 Å². The van der Waals surface area contributed by atoms with Crippen LogP contribution in [0.3, 0.4) is 0 Å². The lowest BCUT2D eigenvalue weighted by atomic mass is 9.78. The lowest BCUT2D eigenvalue weighted by Crippen LogP contribution is -2.55. The molecule has 0 amide bonds. The molecule has 6 heteroatoms. The molecular formula is C12H19N3O2S. The second-order valence-corrected chi connectivity index (χ2v) is 6.85. The minimum atomic E-state index is -3.26. The van der Waals surface area contributed by atoms with E-state index in [2.05, 4.69) is 9.71 Å². The van der Waals surface area contributed by atoms with Crippen LogP contribution in [0, 0.1) is 0 Å². The van der Waals surface area contributed by atoms with Gasteiger partial charge in [-0.3, -0.25) is 4.98 Å². The number of nitrogens with two attached hydrogens (primary N) is 1. The van der Waals surface area contributed by atoms with E-state index in [1.807, 2.05) is 18.2 Å². The van der Waals surface area contributed by atoms with E-state index in [4.69, 9.17) is 5.73 Å². The van der Waals surface area contributed by atoms with Gasteiger partial charge in [-0.1, -0.05) is 6.07 Å². The van der Waals surface area contributed by atoms with Crippen LogP contribution in [0.25, 0.3) is 0 Å². The minimum absolute atomic E-state index is 0.0556. The Kier molecular flexibility index (Phi) is 3.99. The molecule has 2 rings (SSSR count). The van der Waals surface area contributed by atoms with Gasteiger partial charge in [-0.05, 0) is 31.4 Å². The Morgan fingerprint density at radius 3 is 2.72 bits per heavy atom. The van der Waals surface area contributed by atoms with Crippen LogP contribution in [0.5, 0.6) is 0 Å². The van der Waals surface area contributed by atoms with Gasteiger partial charge in [0.1, 0.15) is 0 Å². The molecule has 18 heavy (non-hydrogen) atoms. The average molecular weight is 269 g/mol. The summed E-state index contributed by atoms with van der Waals surface area (Å²) in [6.07, 6.45) is 4.98. The van der Waals surface area contributed by atoms with E-state index in [9.17, 15) is 8.42 Å². The molecule has 100 valence electrons. The van der Waals surface area contributed by atoms with E-state index in [-0.39, 0.29) is 11.3 Å². The van der Waals surface area contributed by atoms with Crippen molar-refractivity contribution in [1.82, 2.24) is 9.71 Å². The van der Waals surface area contributed by atoms with Crippen LogP contribution in [-0.4, -0.2) is 31.2 Å². The number of nitrogens with one attached hydrogen (secondary N) is 1. The number of hydrogen-bond donors (Lipinski definition) is 2. The lowest BCUT2D eigenvalue weighted by Gasteiger charge is -2.38. The van der Waals surface area contributed by atoms with Crippen molar-refractivity contribution in [2.24, 2.45) is 5.73 Å². The third-order valence-corrected chi connectivity index (χ3v) is 4.67. The average Bonchev–Trinajstić information content (AvgIpc) is 2.33. The van der Waals surface area contributed by atoms with Crippen LogP contribution in [-0.2, 0) is 16.4 Å². The van der Waals surface area contributed by atoms with Gasteiger partial charge >= 0.3 is 0 Å². The van der Waals surface area contributed by atoms with Crippen LogP contribution in [0.1, 0.15) is 25.0 Å². The molecule has 3 N–H and O–H groups in total. The maximum absolute atomic E-state index is 11.8. The van der Waals surface area contributed by atoms with Gasteiger partial charge in [0.2, 0.25) is 10.0 Å². The fourth-order valence-electron chi connectivity index (χ4n) is 1.92. The number of hydrogen-bond acceptors (Lipinski definition) is 4. The smallest absolute Gasteiger partial charge is 0.212 e. The maximum atomic E-state index is 11.8. The van der Waals surface area contributed by atoms with Crippen molar-refractivity contribution in [2.75, 3.05) is 12.3 Å². The second kappa shape index (κ2) is 5.34. The summed E-state index contributed by atoms with van der Waals surface area (Å²) in [5, 5.41) is 0. The Bertz CT molecular complexity index is 483. The molecule has 5 nitrogen and oxygen atoms in total. The van der Waals surface area contributed by atoms with Crippen molar-refractivity contribution in [3.05, 3.63) is 30.1 Å². The number of pyridine rings is 1. The number of sulfonamides is 1. The Balaban J connectivity index is 1.80. The first kappa shape index (κ1) is 13.5. The van der Waals surface area contributed by atoms with Crippen LogP contribution in [0.2, 0.25) is 0 Å². The van der Waals surface area contributed by atoms with E-state index in [1.54, 1.807) is 6.20 Å². The molecule has 0 bridgehead atoms. The summed E-state index contributed by atoms with van der Waals surface area (Å²) in [6, 6.07) is 5.49. The zero-order valence-electron chi connectivity index (χ0n) is 10.3. The predicted molar refractivity (Wildman–Crippen MR) is 70.5 cm³/mol. The zero-order chi connectivity index (χ0) is 13.1. The highest BCUT2D eigenvalue weighted by Gasteiger charge is 2.33. The molecular weight excluding hydrogens is 250 g/mol. The highest BCUT2D eigenvalue weighted by molar-refractivity contribution is 7.89. The summed E-state index contributed by atoms with van der Waals surface area (Å²) in [5.74, 6) is 0.0556. The van der Waals surface area contributed by atoms with Crippen molar-refractivity contribution < 1.29 is 8.42 Å². The summed E-state index contributed by atoms with van der Waals surface area (Å²) in [6.45, 7) is 0.345. The van der Waals surface area contributed by atoms with Crippen LogP contribution in [0.4, 0.5) is 0 Å². The Labute approximate surface area is 108 Å². The molecule has 0 radical (unpaired) electrons. The molecule has 0 aromatic carbocycles. The molecule has 1 fully saturated rings. The minimum Gasteiger partial charge on any atom is -0.324 e. The molecule has 1 aromatic rings. The third kappa shape index (κ3) is 3.76. The van der Waals surface area contributed by atoms with Crippen LogP contribution < -0.4 is 10.5 Å².